The summed E-state index contributed by atoms with van der Waals surface area (Å²) in [6.07, 6.45) is -0.529. The lowest BCUT2D eigenvalue weighted by Gasteiger charge is -2.27. The monoisotopic (exact) mass is 350 g/mol. The van der Waals surface area contributed by atoms with E-state index in [0.717, 1.165) is 5.56 Å². The van der Waals surface area contributed by atoms with Crippen LogP contribution in [0.5, 0.6) is 0 Å². The fourth-order valence-corrected chi connectivity index (χ4v) is 1.96. The number of nitrogens with one attached hydrogen (secondary N) is 2. The second-order valence-electron chi connectivity index (χ2n) is 7.31. The maximum Gasteiger partial charge on any atom is 0.408 e. The standard InChI is InChI=1S/C18H26N2O5/c1-17(2,3)25-16(24)19-13(11-12-9-7-6-8-10-12)14(21)20-18(4,5)15(22)23/h6-10,13H,11H2,1-5H3,(H,19,24)(H,20,21)(H,22,23)/t13-/m0/s1. The Morgan fingerprint density at radius 1 is 1.08 bits per heavy atom. The molecule has 0 aromatic heterocycles. The molecule has 2 amide bonds. The Hall–Kier alpha value is -2.57. The Kier molecular flexibility index (Phi) is 6.55. The summed E-state index contributed by atoms with van der Waals surface area (Å²) in [7, 11) is 0. The lowest BCUT2D eigenvalue weighted by atomic mass is 10.0. The van der Waals surface area contributed by atoms with E-state index in [1.54, 1.807) is 20.8 Å². The zero-order valence-corrected chi connectivity index (χ0v) is 15.3. The first kappa shape index (κ1) is 20.5. The average Bonchev–Trinajstić information content (AvgIpc) is 2.45. The van der Waals surface area contributed by atoms with Gasteiger partial charge in [0.1, 0.15) is 17.2 Å². The van der Waals surface area contributed by atoms with Crippen LogP contribution in [0.25, 0.3) is 0 Å². The largest absolute Gasteiger partial charge is 0.480 e. The summed E-state index contributed by atoms with van der Waals surface area (Å²) < 4.78 is 5.19. The molecule has 0 radical (unpaired) electrons. The van der Waals surface area contributed by atoms with Gasteiger partial charge >= 0.3 is 12.1 Å². The summed E-state index contributed by atoms with van der Waals surface area (Å²) in [5.74, 6) is -1.77. The molecule has 25 heavy (non-hydrogen) atoms. The lowest BCUT2D eigenvalue weighted by molar-refractivity contribution is -0.146. The van der Waals surface area contributed by atoms with E-state index in [1.807, 2.05) is 30.3 Å². The van der Waals surface area contributed by atoms with E-state index >= 15 is 0 Å². The van der Waals surface area contributed by atoms with Crippen molar-refractivity contribution in [2.24, 2.45) is 0 Å². The zero-order valence-electron chi connectivity index (χ0n) is 15.3. The molecule has 1 atom stereocenters. The van der Waals surface area contributed by atoms with Crippen molar-refractivity contribution in [1.82, 2.24) is 10.6 Å². The van der Waals surface area contributed by atoms with Gasteiger partial charge in [-0.05, 0) is 40.2 Å². The van der Waals surface area contributed by atoms with Crippen LogP contribution in [0, 0.1) is 0 Å². The van der Waals surface area contributed by atoms with Crippen LogP contribution < -0.4 is 10.6 Å². The highest BCUT2D eigenvalue weighted by molar-refractivity contribution is 5.91. The number of amides is 2. The van der Waals surface area contributed by atoms with Crippen LogP contribution in [-0.2, 0) is 20.7 Å². The first-order valence-corrected chi connectivity index (χ1v) is 7.99. The number of hydrogen-bond acceptors (Lipinski definition) is 4. The average molecular weight is 350 g/mol. The highest BCUT2D eigenvalue weighted by Crippen LogP contribution is 2.10. The smallest absolute Gasteiger partial charge is 0.408 e. The van der Waals surface area contributed by atoms with Gasteiger partial charge in [0, 0.05) is 6.42 Å². The minimum atomic E-state index is -1.46. The maximum atomic E-state index is 12.5. The minimum absolute atomic E-state index is 0.210. The van der Waals surface area contributed by atoms with E-state index in [4.69, 9.17) is 9.84 Å². The van der Waals surface area contributed by atoms with Crippen LogP contribution >= 0.6 is 0 Å². The van der Waals surface area contributed by atoms with Crippen molar-refractivity contribution in [1.29, 1.82) is 0 Å². The fraction of sp³-hybridized carbons (Fsp3) is 0.500. The van der Waals surface area contributed by atoms with Crippen molar-refractivity contribution < 1.29 is 24.2 Å². The normalized spacial score (nSPS) is 12.8. The zero-order chi connectivity index (χ0) is 19.3. The summed E-state index contributed by atoms with van der Waals surface area (Å²) in [6.45, 7) is 7.89. The van der Waals surface area contributed by atoms with Crippen molar-refractivity contribution in [2.45, 2.75) is 58.2 Å². The van der Waals surface area contributed by atoms with Crippen LogP contribution in [0.3, 0.4) is 0 Å². The first-order valence-electron chi connectivity index (χ1n) is 7.99. The molecule has 1 aromatic rings. The molecule has 1 rings (SSSR count). The molecule has 0 saturated carbocycles. The molecule has 1 aromatic carbocycles. The predicted molar refractivity (Wildman–Crippen MR) is 93.2 cm³/mol. The van der Waals surface area contributed by atoms with E-state index in [-0.39, 0.29) is 6.42 Å². The van der Waals surface area contributed by atoms with Crippen molar-refractivity contribution in [3.8, 4) is 0 Å². The van der Waals surface area contributed by atoms with Gasteiger partial charge in [0.15, 0.2) is 0 Å². The Morgan fingerprint density at radius 3 is 2.12 bits per heavy atom. The quantitative estimate of drug-likeness (QED) is 0.729. The maximum absolute atomic E-state index is 12.5. The van der Waals surface area contributed by atoms with Gasteiger partial charge in [0.25, 0.3) is 0 Å². The van der Waals surface area contributed by atoms with Crippen molar-refractivity contribution in [3.63, 3.8) is 0 Å². The Bertz CT molecular complexity index is 620. The molecule has 0 fully saturated rings. The number of ether oxygens (including phenoxy) is 1. The predicted octanol–water partition coefficient (Wildman–Crippen LogP) is 2.10. The molecular formula is C18H26N2O5. The molecule has 0 aliphatic rings. The van der Waals surface area contributed by atoms with E-state index in [0.29, 0.717) is 0 Å². The summed E-state index contributed by atoms with van der Waals surface area (Å²) in [6, 6.07) is 8.15. The molecule has 138 valence electrons. The van der Waals surface area contributed by atoms with Crippen LogP contribution in [0.1, 0.15) is 40.2 Å². The van der Waals surface area contributed by atoms with Gasteiger partial charge in [0.05, 0.1) is 0 Å². The molecule has 0 heterocycles. The molecule has 0 saturated heterocycles. The van der Waals surface area contributed by atoms with Gasteiger partial charge in [-0.2, -0.15) is 0 Å². The summed E-state index contributed by atoms with van der Waals surface area (Å²) >= 11 is 0. The number of hydrogen-bond donors (Lipinski definition) is 3. The molecule has 0 bridgehead atoms. The van der Waals surface area contributed by atoms with E-state index < -0.39 is 35.2 Å². The number of carboxylic acids is 1. The van der Waals surface area contributed by atoms with Gasteiger partial charge in [-0.25, -0.2) is 9.59 Å². The van der Waals surface area contributed by atoms with E-state index in [9.17, 15) is 14.4 Å². The number of rotatable bonds is 6. The molecule has 7 nitrogen and oxygen atoms in total. The number of carbonyl (C=O) groups is 3. The number of carbonyl (C=O) groups excluding carboxylic acids is 2. The SMILES string of the molecule is CC(C)(C)OC(=O)N[C@@H](Cc1ccccc1)C(=O)NC(C)(C)C(=O)O. The van der Waals surface area contributed by atoms with Crippen LogP contribution in [0.2, 0.25) is 0 Å². The van der Waals surface area contributed by atoms with E-state index in [1.165, 1.54) is 13.8 Å². The Balaban J connectivity index is 2.92. The van der Waals surface area contributed by atoms with Crippen LogP contribution in [0.4, 0.5) is 4.79 Å². The third-order valence-corrected chi connectivity index (χ3v) is 3.26. The highest BCUT2D eigenvalue weighted by atomic mass is 16.6. The highest BCUT2D eigenvalue weighted by Gasteiger charge is 2.33. The Labute approximate surface area is 147 Å². The summed E-state index contributed by atoms with van der Waals surface area (Å²) in [5, 5.41) is 14.1. The fourth-order valence-electron chi connectivity index (χ4n) is 1.96. The second-order valence-corrected chi connectivity index (χ2v) is 7.31. The molecule has 7 heteroatoms. The second kappa shape index (κ2) is 8.00. The third-order valence-electron chi connectivity index (χ3n) is 3.26. The van der Waals surface area contributed by atoms with Gasteiger partial charge in [-0.15, -0.1) is 0 Å². The van der Waals surface area contributed by atoms with Gasteiger partial charge in [0.2, 0.25) is 5.91 Å². The van der Waals surface area contributed by atoms with Crippen molar-refractivity contribution in [3.05, 3.63) is 35.9 Å². The topological polar surface area (TPSA) is 105 Å². The van der Waals surface area contributed by atoms with Crippen molar-refractivity contribution >= 4 is 18.0 Å². The van der Waals surface area contributed by atoms with E-state index in [2.05, 4.69) is 10.6 Å². The number of benzene rings is 1. The van der Waals surface area contributed by atoms with Gasteiger partial charge in [-0.3, -0.25) is 4.79 Å². The lowest BCUT2D eigenvalue weighted by Crippen LogP contribution is -2.57. The van der Waals surface area contributed by atoms with Crippen LogP contribution in [0.15, 0.2) is 30.3 Å². The molecule has 0 aliphatic heterocycles. The molecule has 3 N–H and O–H groups in total. The molecule has 0 unspecified atom stereocenters. The number of aliphatic carboxylic acids is 1. The number of carboxylic acid groups (broad SMARTS) is 1. The minimum Gasteiger partial charge on any atom is -0.480 e. The third kappa shape index (κ3) is 7.24. The first-order chi connectivity index (χ1) is 11.4. The Morgan fingerprint density at radius 2 is 1.64 bits per heavy atom. The molecular weight excluding hydrogens is 324 g/mol. The van der Waals surface area contributed by atoms with Gasteiger partial charge < -0.3 is 20.5 Å². The molecule has 0 aliphatic carbocycles. The summed E-state index contributed by atoms with van der Waals surface area (Å²) in [4.78, 5) is 35.8. The van der Waals surface area contributed by atoms with Gasteiger partial charge in [-0.1, -0.05) is 30.3 Å². The van der Waals surface area contributed by atoms with Crippen molar-refractivity contribution in [2.75, 3.05) is 0 Å². The molecule has 0 spiro atoms. The summed E-state index contributed by atoms with van der Waals surface area (Å²) in [5.41, 5.74) is -1.34. The van der Waals surface area contributed by atoms with Crippen LogP contribution in [-0.4, -0.2) is 40.3 Å². The number of alkyl carbamates (subject to hydrolysis) is 1.